The van der Waals surface area contributed by atoms with E-state index in [4.69, 9.17) is 11.6 Å². The van der Waals surface area contributed by atoms with Crippen molar-refractivity contribution >= 4 is 17.4 Å². The van der Waals surface area contributed by atoms with Gasteiger partial charge in [0.1, 0.15) is 0 Å². The fourth-order valence-corrected chi connectivity index (χ4v) is 2.05. The highest BCUT2D eigenvalue weighted by molar-refractivity contribution is 6.32. The van der Waals surface area contributed by atoms with E-state index in [9.17, 15) is 4.79 Å². The second-order valence-electron chi connectivity index (χ2n) is 4.59. The SMILES string of the molecule is CCc1nn(C)c(CC(=O)CNC(C)CC)c1Cl. The van der Waals surface area contributed by atoms with E-state index in [0.717, 1.165) is 24.2 Å². The Bertz CT molecular complexity index is 415. The molecule has 1 atom stereocenters. The molecule has 0 bridgehead atoms. The zero-order chi connectivity index (χ0) is 13.7. The van der Waals surface area contributed by atoms with Gasteiger partial charge >= 0.3 is 0 Å². The first-order valence-electron chi connectivity index (χ1n) is 6.44. The average molecular weight is 272 g/mol. The summed E-state index contributed by atoms with van der Waals surface area (Å²) in [6.07, 6.45) is 2.14. The summed E-state index contributed by atoms with van der Waals surface area (Å²) in [4.78, 5) is 11.9. The second kappa shape index (κ2) is 6.90. The molecule has 0 spiro atoms. The number of halogens is 1. The van der Waals surface area contributed by atoms with Gasteiger partial charge in [0.2, 0.25) is 0 Å². The van der Waals surface area contributed by atoms with Crippen LogP contribution in [0.3, 0.4) is 0 Å². The molecule has 0 saturated carbocycles. The fraction of sp³-hybridized carbons (Fsp3) is 0.692. The number of aryl methyl sites for hydroxylation is 2. The highest BCUT2D eigenvalue weighted by Gasteiger charge is 2.16. The van der Waals surface area contributed by atoms with Crippen molar-refractivity contribution in [3.63, 3.8) is 0 Å². The van der Waals surface area contributed by atoms with Crippen molar-refractivity contribution in [3.8, 4) is 0 Å². The third-order valence-electron chi connectivity index (χ3n) is 3.13. The Morgan fingerprint density at radius 3 is 2.67 bits per heavy atom. The first-order chi connectivity index (χ1) is 8.49. The average Bonchev–Trinajstić information content (AvgIpc) is 2.63. The van der Waals surface area contributed by atoms with Crippen molar-refractivity contribution in [1.82, 2.24) is 15.1 Å². The first kappa shape index (κ1) is 15.2. The lowest BCUT2D eigenvalue weighted by atomic mass is 10.2. The van der Waals surface area contributed by atoms with Crippen LogP contribution in [0.5, 0.6) is 0 Å². The maximum Gasteiger partial charge on any atom is 0.152 e. The minimum absolute atomic E-state index is 0.142. The fourth-order valence-electron chi connectivity index (χ4n) is 1.69. The molecule has 0 fully saturated rings. The Morgan fingerprint density at radius 2 is 2.17 bits per heavy atom. The summed E-state index contributed by atoms with van der Waals surface area (Å²) < 4.78 is 1.71. The van der Waals surface area contributed by atoms with E-state index < -0.39 is 0 Å². The number of nitrogens with zero attached hydrogens (tertiary/aromatic N) is 2. The smallest absolute Gasteiger partial charge is 0.152 e. The summed E-state index contributed by atoms with van der Waals surface area (Å²) in [5.41, 5.74) is 1.67. The molecule has 18 heavy (non-hydrogen) atoms. The van der Waals surface area contributed by atoms with Crippen molar-refractivity contribution in [1.29, 1.82) is 0 Å². The van der Waals surface area contributed by atoms with E-state index in [1.807, 2.05) is 14.0 Å². The predicted octanol–water partition coefficient (Wildman–Crippen LogP) is 2.14. The molecule has 1 unspecified atom stereocenters. The van der Waals surface area contributed by atoms with Gasteiger partial charge in [-0.2, -0.15) is 5.10 Å². The normalized spacial score (nSPS) is 12.7. The molecule has 0 aliphatic heterocycles. The molecule has 5 heteroatoms. The first-order valence-corrected chi connectivity index (χ1v) is 6.82. The van der Waals surface area contributed by atoms with E-state index >= 15 is 0 Å². The highest BCUT2D eigenvalue weighted by atomic mass is 35.5. The number of carbonyl (C=O) groups is 1. The van der Waals surface area contributed by atoms with Crippen LogP contribution < -0.4 is 5.32 Å². The molecule has 0 aromatic carbocycles. The van der Waals surface area contributed by atoms with Gasteiger partial charge in [0.15, 0.2) is 5.78 Å². The maximum atomic E-state index is 11.9. The van der Waals surface area contributed by atoms with Gasteiger partial charge in [0.25, 0.3) is 0 Å². The van der Waals surface area contributed by atoms with Crippen molar-refractivity contribution in [2.24, 2.45) is 7.05 Å². The molecule has 102 valence electrons. The molecule has 1 N–H and O–H groups in total. The van der Waals surface area contributed by atoms with Gasteiger partial charge < -0.3 is 5.32 Å². The van der Waals surface area contributed by atoms with Crippen LogP contribution in [0.15, 0.2) is 0 Å². The number of ketones is 1. The Labute approximate surface area is 114 Å². The number of Topliss-reactive ketones (excluding diaryl/α,β-unsaturated/α-hetero) is 1. The van der Waals surface area contributed by atoms with Crippen LogP contribution in [0.1, 0.15) is 38.6 Å². The van der Waals surface area contributed by atoms with Crippen molar-refractivity contribution < 1.29 is 4.79 Å². The lowest BCUT2D eigenvalue weighted by Crippen LogP contribution is -2.31. The lowest BCUT2D eigenvalue weighted by molar-refractivity contribution is -0.117. The van der Waals surface area contributed by atoms with E-state index in [-0.39, 0.29) is 5.78 Å². The zero-order valence-electron chi connectivity index (χ0n) is 11.6. The van der Waals surface area contributed by atoms with Crippen molar-refractivity contribution in [2.45, 2.75) is 46.1 Å². The molecule has 1 rings (SSSR count). The van der Waals surface area contributed by atoms with Gasteiger partial charge in [0.05, 0.1) is 29.4 Å². The quantitative estimate of drug-likeness (QED) is 0.827. The van der Waals surface area contributed by atoms with Crippen molar-refractivity contribution in [3.05, 3.63) is 16.4 Å². The lowest BCUT2D eigenvalue weighted by Gasteiger charge is -2.10. The molecule has 1 heterocycles. The summed E-state index contributed by atoms with van der Waals surface area (Å²) in [6.45, 7) is 6.55. The number of hydrogen-bond donors (Lipinski definition) is 1. The largest absolute Gasteiger partial charge is 0.307 e. The second-order valence-corrected chi connectivity index (χ2v) is 4.97. The highest BCUT2D eigenvalue weighted by Crippen LogP contribution is 2.21. The zero-order valence-corrected chi connectivity index (χ0v) is 12.3. The summed E-state index contributed by atoms with van der Waals surface area (Å²) in [5, 5.41) is 8.13. The van der Waals surface area contributed by atoms with Gasteiger partial charge in [-0.05, 0) is 19.8 Å². The number of nitrogens with one attached hydrogen (secondary N) is 1. The topological polar surface area (TPSA) is 46.9 Å². The minimum atomic E-state index is 0.142. The minimum Gasteiger partial charge on any atom is -0.307 e. The van der Waals surface area contributed by atoms with Gasteiger partial charge in [-0.1, -0.05) is 25.4 Å². The number of aromatic nitrogens is 2. The van der Waals surface area contributed by atoms with Gasteiger partial charge in [-0.25, -0.2) is 0 Å². The molecule has 1 aromatic rings. The molecule has 0 radical (unpaired) electrons. The van der Waals surface area contributed by atoms with Crippen LogP contribution in [0.4, 0.5) is 0 Å². The monoisotopic (exact) mass is 271 g/mol. The Balaban J connectivity index is 2.62. The van der Waals surface area contributed by atoms with Gasteiger partial charge in [0, 0.05) is 13.1 Å². The van der Waals surface area contributed by atoms with Gasteiger partial charge in [-0.3, -0.25) is 9.48 Å². The third kappa shape index (κ3) is 3.82. The van der Waals surface area contributed by atoms with Crippen LogP contribution >= 0.6 is 11.6 Å². The van der Waals surface area contributed by atoms with Crippen LogP contribution in [-0.4, -0.2) is 28.2 Å². The number of carbonyl (C=O) groups excluding carboxylic acids is 1. The molecule has 0 saturated heterocycles. The van der Waals surface area contributed by atoms with Crippen LogP contribution in [0.2, 0.25) is 5.02 Å². The van der Waals surface area contributed by atoms with E-state index in [2.05, 4.69) is 24.3 Å². The molecule has 4 nitrogen and oxygen atoms in total. The molecule has 0 aliphatic carbocycles. The maximum absolute atomic E-state index is 11.9. The Morgan fingerprint density at radius 1 is 1.50 bits per heavy atom. The molecular formula is C13H22ClN3O. The molecule has 1 aromatic heterocycles. The van der Waals surface area contributed by atoms with E-state index in [1.54, 1.807) is 4.68 Å². The molecular weight excluding hydrogens is 250 g/mol. The van der Waals surface area contributed by atoms with Crippen molar-refractivity contribution in [2.75, 3.05) is 6.54 Å². The summed E-state index contributed by atoms with van der Waals surface area (Å²) >= 11 is 6.21. The summed E-state index contributed by atoms with van der Waals surface area (Å²) in [5.74, 6) is 0.142. The summed E-state index contributed by atoms with van der Waals surface area (Å²) in [6, 6.07) is 0.363. The van der Waals surface area contributed by atoms with E-state index in [0.29, 0.717) is 24.0 Å². The van der Waals surface area contributed by atoms with E-state index in [1.165, 1.54) is 0 Å². The standard InChI is InChI=1S/C13H22ClN3O/c1-5-9(3)15-8-10(18)7-12-13(14)11(6-2)16-17(12)4/h9,15H,5-8H2,1-4H3. The number of hydrogen-bond acceptors (Lipinski definition) is 3. The molecule has 0 amide bonds. The predicted molar refractivity (Wildman–Crippen MR) is 74.1 cm³/mol. The molecule has 0 aliphatic rings. The number of rotatable bonds is 7. The van der Waals surface area contributed by atoms with Crippen LogP contribution in [0, 0.1) is 0 Å². The third-order valence-corrected chi connectivity index (χ3v) is 3.56. The Kier molecular flexibility index (Phi) is 5.82. The summed E-state index contributed by atoms with van der Waals surface area (Å²) in [7, 11) is 1.83. The van der Waals surface area contributed by atoms with Crippen LogP contribution in [-0.2, 0) is 24.7 Å². The Hall–Kier alpha value is -0.870. The van der Waals surface area contributed by atoms with Crippen LogP contribution in [0.25, 0.3) is 0 Å². The van der Waals surface area contributed by atoms with Gasteiger partial charge in [-0.15, -0.1) is 0 Å².